The fourth-order valence-corrected chi connectivity index (χ4v) is 0.790. The zero-order valence-corrected chi connectivity index (χ0v) is 8.26. The Morgan fingerprint density at radius 1 is 1.50 bits per heavy atom. The number of aliphatic hydroxyl groups excluding tert-OH is 1. The van der Waals surface area contributed by atoms with Crippen LogP contribution in [-0.2, 0) is 9.53 Å². The molecule has 1 unspecified atom stereocenters. The Kier molecular flexibility index (Phi) is 4.24. The molecule has 0 aromatic heterocycles. The van der Waals surface area contributed by atoms with E-state index in [1.807, 2.05) is 20.8 Å². The number of hydrogen-bond donors (Lipinski definition) is 1. The summed E-state index contributed by atoms with van der Waals surface area (Å²) >= 11 is 0. The first-order chi connectivity index (χ1) is 5.38. The molecule has 0 rings (SSSR count). The Labute approximate surface area is 73.7 Å². The average Bonchev–Trinajstić information content (AvgIpc) is 1.97. The highest BCUT2D eigenvalue weighted by Crippen LogP contribution is 2.22. The third-order valence-electron chi connectivity index (χ3n) is 1.85. The van der Waals surface area contributed by atoms with E-state index < -0.39 is 6.10 Å². The maximum absolute atomic E-state index is 10.7. The van der Waals surface area contributed by atoms with Crippen molar-refractivity contribution in [1.29, 1.82) is 0 Å². The molecule has 72 valence electrons. The Balaban J connectivity index is 3.72. The lowest BCUT2D eigenvalue weighted by Gasteiger charge is -2.25. The van der Waals surface area contributed by atoms with E-state index in [4.69, 9.17) is 0 Å². The molecule has 0 amide bonds. The van der Waals surface area contributed by atoms with E-state index in [9.17, 15) is 9.90 Å². The van der Waals surface area contributed by atoms with Gasteiger partial charge in [-0.15, -0.1) is 0 Å². The van der Waals surface area contributed by atoms with Crippen LogP contribution in [0.3, 0.4) is 0 Å². The molecular weight excluding hydrogens is 156 g/mol. The van der Waals surface area contributed by atoms with Crippen molar-refractivity contribution < 1.29 is 14.6 Å². The second-order valence-electron chi connectivity index (χ2n) is 4.00. The van der Waals surface area contributed by atoms with Crippen molar-refractivity contribution in [2.24, 2.45) is 5.41 Å². The minimum absolute atomic E-state index is 0.159. The number of methoxy groups -OCH3 is 1. The molecule has 0 spiro atoms. The molecule has 0 heterocycles. The standard InChI is InChI=1S/C9H18O3/c1-9(2,3)7(10)5-6-8(11)12-4/h7,10H,5-6H2,1-4H3. The average molecular weight is 174 g/mol. The molecular formula is C9H18O3. The Morgan fingerprint density at radius 2 is 2.00 bits per heavy atom. The zero-order chi connectivity index (χ0) is 9.78. The molecule has 0 saturated heterocycles. The van der Waals surface area contributed by atoms with Gasteiger partial charge in [0.15, 0.2) is 0 Å². The molecule has 1 N–H and O–H groups in total. The Morgan fingerprint density at radius 3 is 2.33 bits per heavy atom. The topological polar surface area (TPSA) is 46.5 Å². The molecule has 0 aliphatic carbocycles. The van der Waals surface area contributed by atoms with Gasteiger partial charge in [-0.2, -0.15) is 0 Å². The van der Waals surface area contributed by atoms with Gasteiger partial charge in [-0.3, -0.25) is 4.79 Å². The van der Waals surface area contributed by atoms with Gasteiger partial charge in [0.2, 0.25) is 0 Å². The second-order valence-corrected chi connectivity index (χ2v) is 4.00. The third-order valence-corrected chi connectivity index (χ3v) is 1.85. The van der Waals surface area contributed by atoms with E-state index in [-0.39, 0.29) is 17.8 Å². The smallest absolute Gasteiger partial charge is 0.305 e. The summed E-state index contributed by atoms with van der Waals surface area (Å²) in [7, 11) is 1.35. The largest absolute Gasteiger partial charge is 0.469 e. The molecule has 12 heavy (non-hydrogen) atoms. The molecule has 3 heteroatoms. The molecule has 0 aromatic rings. The summed E-state index contributed by atoms with van der Waals surface area (Å²) in [6.45, 7) is 5.82. The van der Waals surface area contributed by atoms with Gasteiger partial charge < -0.3 is 9.84 Å². The third kappa shape index (κ3) is 4.34. The monoisotopic (exact) mass is 174 g/mol. The lowest BCUT2D eigenvalue weighted by Crippen LogP contribution is -2.26. The van der Waals surface area contributed by atoms with Crippen molar-refractivity contribution in [2.75, 3.05) is 7.11 Å². The van der Waals surface area contributed by atoms with Crippen LogP contribution in [0.15, 0.2) is 0 Å². The summed E-state index contributed by atoms with van der Waals surface area (Å²) < 4.78 is 4.46. The van der Waals surface area contributed by atoms with Crippen molar-refractivity contribution in [3.8, 4) is 0 Å². The van der Waals surface area contributed by atoms with E-state index in [1.54, 1.807) is 0 Å². The van der Waals surface area contributed by atoms with E-state index in [0.29, 0.717) is 6.42 Å². The number of ether oxygens (including phenoxy) is 1. The van der Waals surface area contributed by atoms with Crippen molar-refractivity contribution in [3.05, 3.63) is 0 Å². The van der Waals surface area contributed by atoms with Crippen LogP contribution < -0.4 is 0 Å². The number of carbonyl (C=O) groups excluding carboxylic acids is 1. The van der Waals surface area contributed by atoms with Gasteiger partial charge in [-0.05, 0) is 11.8 Å². The van der Waals surface area contributed by atoms with Crippen molar-refractivity contribution in [3.63, 3.8) is 0 Å². The summed E-state index contributed by atoms with van der Waals surface area (Å²) in [5.74, 6) is -0.265. The highest BCUT2D eigenvalue weighted by molar-refractivity contribution is 5.69. The van der Waals surface area contributed by atoms with Crippen LogP contribution >= 0.6 is 0 Å². The zero-order valence-electron chi connectivity index (χ0n) is 8.26. The van der Waals surface area contributed by atoms with Gasteiger partial charge in [0.1, 0.15) is 0 Å². The number of carbonyl (C=O) groups is 1. The molecule has 0 aromatic carbocycles. The number of aliphatic hydroxyl groups is 1. The van der Waals surface area contributed by atoms with Crippen LogP contribution in [0, 0.1) is 5.41 Å². The highest BCUT2D eigenvalue weighted by Gasteiger charge is 2.22. The van der Waals surface area contributed by atoms with Gasteiger partial charge in [-0.1, -0.05) is 20.8 Å². The molecule has 3 nitrogen and oxygen atoms in total. The van der Waals surface area contributed by atoms with Crippen LogP contribution in [0.4, 0.5) is 0 Å². The Bertz CT molecular complexity index is 146. The first-order valence-electron chi connectivity index (χ1n) is 4.13. The van der Waals surface area contributed by atoms with Gasteiger partial charge in [0, 0.05) is 6.42 Å². The summed E-state index contributed by atoms with van der Waals surface area (Å²) in [5.41, 5.74) is -0.159. The second kappa shape index (κ2) is 4.45. The van der Waals surface area contributed by atoms with Gasteiger partial charge >= 0.3 is 5.97 Å². The minimum Gasteiger partial charge on any atom is -0.469 e. The molecule has 0 saturated carbocycles. The summed E-state index contributed by atoms with van der Waals surface area (Å²) in [5, 5.41) is 9.52. The van der Waals surface area contributed by atoms with Crippen LogP contribution in [0.5, 0.6) is 0 Å². The predicted molar refractivity (Wildman–Crippen MR) is 46.7 cm³/mol. The maximum atomic E-state index is 10.7. The predicted octanol–water partition coefficient (Wildman–Crippen LogP) is 1.35. The maximum Gasteiger partial charge on any atom is 0.305 e. The van der Waals surface area contributed by atoms with Crippen molar-refractivity contribution in [1.82, 2.24) is 0 Å². The molecule has 0 aliphatic rings. The van der Waals surface area contributed by atoms with E-state index >= 15 is 0 Å². The van der Waals surface area contributed by atoms with Crippen LogP contribution in [0.2, 0.25) is 0 Å². The molecule has 0 radical (unpaired) electrons. The van der Waals surface area contributed by atoms with Crippen molar-refractivity contribution >= 4 is 5.97 Å². The van der Waals surface area contributed by atoms with Crippen molar-refractivity contribution in [2.45, 2.75) is 39.7 Å². The van der Waals surface area contributed by atoms with Crippen LogP contribution in [0.25, 0.3) is 0 Å². The molecule has 0 aliphatic heterocycles. The van der Waals surface area contributed by atoms with E-state index in [1.165, 1.54) is 7.11 Å². The van der Waals surface area contributed by atoms with Gasteiger partial charge in [-0.25, -0.2) is 0 Å². The minimum atomic E-state index is -0.448. The SMILES string of the molecule is COC(=O)CCC(O)C(C)(C)C. The number of esters is 1. The van der Waals surface area contributed by atoms with E-state index in [0.717, 1.165) is 0 Å². The summed E-state index contributed by atoms with van der Waals surface area (Å²) in [4.78, 5) is 10.7. The van der Waals surface area contributed by atoms with Gasteiger partial charge in [0.25, 0.3) is 0 Å². The quantitative estimate of drug-likeness (QED) is 0.657. The molecule has 1 atom stereocenters. The van der Waals surface area contributed by atoms with Gasteiger partial charge in [0.05, 0.1) is 13.2 Å². The lowest BCUT2D eigenvalue weighted by molar-refractivity contribution is -0.141. The molecule has 0 bridgehead atoms. The first kappa shape index (κ1) is 11.4. The van der Waals surface area contributed by atoms with E-state index in [2.05, 4.69) is 4.74 Å². The molecule has 0 fully saturated rings. The lowest BCUT2D eigenvalue weighted by atomic mass is 9.86. The fourth-order valence-electron chi connectivity index (χ4n) is 0.790. The highest BCUT2D eigenvalue weighted by atomic mass is 16.5. The Hall–Kier alpha value is -0.570. The first-order valence-corrected chi connectivity index (χ1v) is 4.13. The fraction of sp³-hybridized carbons (Fsp3) is 0.889. The summed E-state index contributed by atoms with van der Waals surface area (Å²) in [6, 6.07) is 0. The number of hydrogen-bond acceptors (Lipinski definition) is 3. The summed E-state index contributed by atoms with van der Waals surface area (Å²) in [6.07, 6.45) is 0.307. The normalized spacial score (nSPS) is 14.1. The van der Waals surface area contributed by atoms with Crippen LogP contribution in [0.1, 0.15) is 33.6 Å². The van der Waals surface area contributed by atoms with Crippen LogP contribution in [-0.4, -0.2) is 24.3 Å². The number of rotatable bonds is 3.